The van der Waals surface area contributed by atoms with E-state index in [1.165, 1.54) is 4.31 Å². The van der Waals surface area contributed by atoms with E-state index < -0.39 is 10.0 Å². The number of fused-ring (bicyclic) bond motifs is 1. The van der Waals surface area contributed by atoms with Crippen LogP contribution in [0.15, 0.2) is 47.4 Å². The van der Waals surface area contributed by atoms with E-state index in [9.17, 15) is 13.2 Å². The second kappa shape index (κ2) is 7.51. The van der Waals surface area contributed by atoms with Crippen molar-refractivity contribution in [2.24, 2.45) is 0 Å². The number of rotatable bonds is 5. The number of carbonyl (C=O) groups is 1. The lowest BCUT2D eigenvalue weighted by Gasteiger charge is -2.33. The third kappa shape index (κ3) is 3.84. The molecule has 0 spiro atoms. The summed E-state index contributed by atoms with van der Waals surface area (Å²) in [6.45, 7) is 4.10. The van der Waals surface area contributed by atoms with E-state index in [2.05, 4.69) is 0 Å². The SMILES string of the molecule is CCOC(=O)CN1CCN(S(=O)(=O)c2cccc3ccccc23)CC1. The van der Waals surface area contributed by atoms with Crippen LogP contribution in [0.2, 0.25) is 0 Å². The van der Waals surface area contributed by atoms with Gasteiger partial charge in [0.15, 0.2) is 0 Å². The molecular weight excluding hydrogens is 340 g/mol. The van der Waals surface area contributed by atoms with Crippen LogP contribution in [0, 0.1) is 0 Å². The lowest BCUT2D eigenvalue weighted by atomic mass is 10.1. The van der Waals surface area contributed by atoms with E-state index in [1.807, 2.05) is 35.2 Å². The summed E-state index contributed by atoms with van der Waals surface area (Å²) in [4.78, 5) is 13.8. The highest BCUT2D eigenvalue weighted by molar-refractivity contribution is 7.89. The fourth-order valence-corrected chi connectivity index (χ4v) is 4.71. The molecule has 0 aliphatic carbocycles. The van der Waals surface area contributed by atoms with Crippen molar-refractivity contribution >= 4 is 26.8 Å². The second-order valence-corrected chi connectivity index (χ2v) is 7.87. The quantitative estimate of drug-likeness (QED) is 0.758. The summed E-state index contributed by atoms with van der Waals surface area (Å²) in [7, 11) is -3.56. The second-order valence-electron chi connectivity index (χ2n) is 5.96. The lowest BCUT2D eigenvalue weighted by Crippen LogP contribution is -2.50. The van der Waals surface area contributed by atoms with Gasteiger partial charge in [-0.15, -0.1) is 0 Å². The Morgan fingerprint density at radius 2 is 1.72 bits per heavy atom. The Hall–Kier alpha value is -1.96. The zero-order valence-electron chi connectivity index (χ0n) is 14.2. The molecule has 2 aromatic rings. The molecule has 1 heterocycles. The van der Waals surface area contributed by atoms with Crippen molar-refractivity contribution in [3.63, 3.8) is 0 Å². The molecule has 1 saturated heterocycles. The largest absolute Gasteiger partial charge is 0.465 e. The molecule has 3 rings (SSSR count). The van der Waals surface area contributed by atoms with Crippen molar-refractivity contribution in [2.45, 2.75) is 11.8 Å². The molecule has 0 saturated carbocycles. The van der Waals surface area contributed by atoms with E-state index in [-0.39, 0.29) is 12.5 Å². The summed E-state index contributed by atoms with van der Waals surface area (Å²) in [6.07, 6.45) is 0. The number of esters is 1. The Balaban J connectivity index is 1.75. The van der Waals surface area contributed by atoms with Crippen LogP contribution in [-0.2, 0) is 19.6 Å². The molecule has 0 atom stereocenters. The summed E-state index contributed by atoms with van der Waals surface area (Å²) >= 11 is 0. The smallest absolute Gasteiger partial charge is 0.320 e. The molecule has 0 aromatic heterocycles. The van der Waals surface area contributed by atoms with Crippen molar-refractivity contribution in [1.29, 1.82) is 0 Å². The van der Waals surface area contributed by atoms with Crippen molar-refractivity contribution in [3.8, 4) is 0 Å². The Bertz CT molecular complexity index is 853. The van der Waals surface area contributed by atoms with Gasteiger partial charge in [0.05, 0.1) is 18.0 Å². The minimum Gasteiger partial charge on any atom is -0.465 e. The van der Waals surface area contributed by atoms with Crippen LogP contribution in [0.5, 0.6) is 0 Å². The highest BCUT2D eigenvalue weighted by atomic mass is 32.2. The topological polar surface area (TPSA) is 66.9 Å². The van der Waals surface area contributed by atoms with Crippen molar-refractivity contribution < 1.29 is 17.9 Å². The standard InChI is InChI=1S/C18H22N2O4S/c1-2-24-18(21)14-19-10-12-20(13-11-19)25(22,23)17-9-5-7-15-6-3-4-8-16(15)17/h3-9H,2,10-14H2,1H3. The number of hydrogen-bond acceptors (Lipinski definition) is 5. The Kier molecular flexibility index (Phi) is 5.36. The first-order valence-electron chi connectivity index (χ1n) is 8.38. The summed E-state index contributed by atoms with van der Waals surface area (Å²) in [6, 6.07) is 12.8. The number of benzene rings is 2. The average molecular weight is 362 g/mol. The summed E-state index contributed by atoms with van der Waals surface area (Å²) in [5.41, 5.74) is 0. The zero-order chi connectivity index (χ0) is 17.9. The first-order valence-corrected chi connectivity index (χ1v) is 9.82. The molecule has 7 heteroatoms. The van der Waals surface area contributed by atoms with Gasteiger partial charge in [-0.1, -0.05) is 36.4 Å². The molecule has 0 bridgehead atoms. The normalized spacial score (nSPS) is 16.8. The fraction of sp³-hybridized carbons (Fsp3) is 0.389. The maximum Gasteiger partial charge on any atom is 0.320 e. The number of piperazine rings is 1. The molecule has 0 amide bonds. The van der Waals surface area contributed by atoms with Gasteiger partial charge in [0.1, 0.15) is 0 Å². The van der Waals surface area contributed by atoms with Gasteiger partial charge in [-0.2, -0.15) is 4.31 Å². The summed E-state index contributed by atoms with van der Waals surface area (Å²) < 4.78 is 32.5. The molecule has 0 radical (unpaired) electrons. The predicted octanol–water partition coefficient (Wildman–Crippen LogP) is 1.71. The first-order chi connectivity index (χ1) is 12.0. The predicted molar refractivity (Wildman–Crippen MR) is 95.8 cm³/mol. The van der Waals surface area contributed by atoms with E-state index >= 15 is 0 Å². The maximum absolute atomic E-state index is 13.0. The highest BCUT2D eigenvalue weighted by Crippen LogP contribution is 2.26. The molecule has 0 N–H and O–H groups in total. The molecule has 0 unspecified atom stereocenters. The zero-order valence-corrected chi connectivity index (χ0v) is 15.0. The van der Waals surface area contributed by atoms with Gasteiger partial charge in [0, 0.05) is 31.6 Å². The van der Waals surface area contributed by atoms with E-state index in [1.54, 1.807) is 19.1 Å². The highest BCUT2D eigenvalue weighted by Gasteiger charge is 2.30. The Labute approximate surface area is 148 Å². The minimum atomic E-state index is -3.56. The molecule has 1 fully saturated rings. The van der Waals surface area contributed by atoms with Gasteiger partial charge in [-0.05, 0) is 18.4 Å². The monoisotopic (exact) mass is 362 g/mol. The average Bonchev–Trinajstić information content (AvgIpc) is 2.62. The Morgan fingerprint density at radius 1 is 1.04 bits per heavy atom. The number of ether oxygens (including phenoxy) is 1. The fourth-order valence-electron chi connectivity index (χ4n) is 3.08. The molecule has 25 heavy (non-hydrogen) atoms. The van der Waals surface area contributed by atoms with E-state index in [0.29, 0.717) is 37.7 Å². The van der Waals surface area contributed by atoms with Crippen molar-refractivity contribution in [3.05, 3.63) is 42.5 Å². The first kappa shape index (κ1) is 17.8. The van der Waals surface area contributed by atoms with Crippen LogP contribution < -0.4 is 0 Å². The van der Waals surface area contributed by atoms with Gasteiger partial charge in [-0.25, -0.2) is 8.42 Å². The molecule has 6 nitrogen and oxygen atoms in total. The van der Waals surface area contributed by atoms with Gasteiger partial charge in [0.2, 0.25) is 10.0 Å². The van der Waals surface area contributed by atoms with Crippen LogP contribution in [0.1, 0.15) is 6.92 Å². The maximum atomic E-state index is 13.0. The lowest BCUT2D eigenvalue weighted by molar-refractivity contribution is -0.144. The summed E-state index contributed by atoms with van der Waals surface area (Å²) in [5, 5.41) is 1.64. The van der Waals surface area contributed by atoms with Gasteiger partial charge in [0.25, 0.3) is 0 Å². The van der Waals surface area contributed by atoms with Gasteiger partial charge in [-0.3, -0.25) is 9.69 Å². The van der Waals surface area contributed by atoms with Crippen LogP contribution in [-0.4, -0.2) is 62.9 Å². The third-order valence-electron chi connectivity index (χ3n) is 4.36. The van der Waals surface area contributed by atoms with Crippen LogP contribution in [0.4, 0.5) is 0 Å². The number of hydrogen-bond donors (Lipinski definition) is 0. The van der Waals surface area contributed by atoms with Crippen molar-refractivity contribution in [1.82, 2.24) is 9.21 Å². The van der Waals surface area contributed by atoms with Crippen LogP contribution in [0.25, 0.3) is 10.8 Å². The molecule has 1 aliphatic heterocycles. The minimum absolute atomic E-state index is 0.204. The van der Waals surface area contributed by atoms with E-state index in [4.69, 9.17) is 4.74 Å². The number of sulfonamides is 1. The van der Waals surface area contributed by atoms with Gasteiger partial charge >= 0.3 is 5.97 Å². The number of nitrogens with zero attached hydrogens (tertiary/aromatic N) is 2. The summed E-state index contributed by atoms with van der Waals surface area (Å²) in [5.74, 6) is -0.270. The van der Waals surface area contributed by atoms with E-state index in [0.717, 1.165) is 10.8 Å². The van der Waals surface area contributed by atoms with Crippen molar-refractivity contribution in [2.75, 3.05) is 39.3 Å². The molecule has 134 valence electrons. The molecule has 2 aromatic carbocycles. The third-order valence-corrected chi connectivity index (χ3v) is 6.31. The molecule has 1 aliphatic rings. The molecular formula is C18H22N2O4S. The number of carbonyl (C=O) groups excluding carboxylic acids is 1. The van der Waals surface area contributed by atoms with Crippen LogP contribution >= 0.6 is 0 Å². The van der Waals surface area contributed by atoms with Gasteiger partial charge < -0.3 is 4.74 Å². The Morgan fingerprint density at radius 3 is 2.44 bits per heavy atom. The van der Waals surface area contributed by atoms with Crippen LogP contribution in [0.3, 0.4) is 0 Å².